The summed E-state index contributed by atoms with van der Waals surface area (Å²) < 4.78 is 5.84. The molecule has 27 heavy (non-hydrogen) atoms. The van der Waals surface area contributed by atoms with Crippen LogP contribution >= 0.6 is 11.6 Å². The molecule has 1 aromatic heterocycles. The lowest BCUT2D eigenvalue weighted by molar-refractivity contribution is 0.235. The molecular weight excluding hydrogens is 364 g/mol. The van der Waals surface area contributed by atoms with Gasteiger partial charge in [-0.3, -0.25) is 0 Å². The Bertz CT molecular complexity index is 896. The predicted molar refractivity (Wildman–Crippen MR) is 104 cm³/mol. The molecule has 7 heteroatoms. The van der Waals surface area contributed by atoms with Crippen LogP contribution in [-0.2, 0) is 0 Å². The fourth-order valence-corrected chi connectivity index (χ4v) is 2.72. The van der Waals surface area contributed by atoms with Crippen LogP contribution in [0.5, 0.6) is 0 Å². The van der Waals surface area contributed by atoms with E-state index in [1.807, 2.05) is 56.3 Å². The fraction of sp³-hybridized carbons (Fsp3) is 0.250. The second kappa shape index (κ2) is 8.68. The van der Waals surface area contributed by atoms with Crippen LogP contribution in [0.3, 0.4) is 0 Å². The maximum atomic E-state index is 12.3. The largest absolute Gasteiger partial charge is 0.418 e. The molecule has 140 valence electrons. The number of rotatable bonds is 6. The van der Waals surface area contributed by atoms with Gasteiger partial charge in [0.1, 0.15) is 6.04 Å². The van der Waals surface area contributed by atoms with Crippen LogP contribution < -0.4 is 10.6 Å². The van der Waals surface area contributed by atoms with Crippen LogP contribution in [0.25, 0.3) is 11.5 Å². The number of benzene rings is 2. The van der Waals surface area contributed by atoms with Gasteiger partial charge in [0.05, 0.1) is 10.6 Å². The van der Waals surface area contributed by atoms with Gasteiger partial charge >= 0.3 is 6.03 Å². The Morgan fingerprint density at radius 2 is 1.78 bits per heavy atom. The Balaban J connectivity index is 1.87. The summed E-state index contributed by atoms with van der Waals surface area (Å²) in [7, 11) is 0. The number of hydrogen-bond acceptors (Lipinski definition) is 4. The van der Waals surface area contributed by atoms with E-state index in [2.05, 4.69) is 20.8 Å². The second-order valence-electron chi connectivity index (χ2n) is 6.52. The van der Waals surface area contributed by atoms with Gasteiger partial charge in [-0.05, 0) is 23.6 Å². The van der Waals surface area contributed by atoms with Gasteiger partial charge in [-0.15, -0.1) is 10.2 Å². The van der Waals surface area contributed by atoms with Crippen molar-refractivity contribution in [2.45, 2.75) is 19.9 Å². The second-order valence-corrected chi connectivity index (χ2v) is 6.92. The van der Waals surface area contributed by atoms with E-state index < -0.39 is 6.04 Å². The highest BCUT2D eigenvalue weighted by Crippen LogP contribution is 2.29. The normalized spacial score (nSPS) is 12.0. The standard InChI is InChI=1S/C20H21ClN4O2/c1-13(2)12-22-20(26)23-17(14-8-4-3-5-9-14)19-25-24-18(27-19)15-10-6-7-11-16(15)21/h3-11,13,17H,12H2,1-2H3,(H2,22,23,26)/t17-/m1/s1. The number of nitrogens with one attached hydrogen (secondary N) is 2. The summed E-state index contributed by atoms with van der Waals surface area (Å²) in [5.41, 5.74) is 1.49. The Morgan fingerprint density at radius 3 is 2.48 bits per heavy atom. The third-order valence-electron chi connectivity index (χ3n) is 3.87. The maximum absolute atomic E-state index is 12.3. The van der Waals surface area contributed by atoms with Crippen LogP contribution in [0.4, 0.5) is 4.79 Å². The number of carbonyl (C=O) groups excluding carboxylic acids is 1. The lowest BCUT2D eigenvalue weighted by atomic mass is 10.1. The first-order chi connectivity index (χ1) is 13.0. The lowest BCUT2D eigenvalue weighted by Crippen LogP contribution is -2.40. The van der Waals surface area contributed by atoms with Gasteiger partial charge in [0.2, 0.25) is 11.8 Å². The van der Waals surface area contributed by atoms with Crippen LogP contribution in [0.15, 0.2) is 59.0 Å². The number of aromatic nitrogens is 2. The fourth-order valence-electron chi connectivity index (χ4n) is 2.51. The van der Waals surface area contributed by atoms with E-state index in [-0.39, 0.29) is 11.9 Å². The Labute approximate surface area is 163 Å². The zero-order valence-electron chi connectivity index (χ0n) is 15.1. The summed E-state index contributed by atoms with van der Waals surface area (Å²) in [6.45, 7) is 4.63. The lowest BCUT2D eigenvalue weighted by Gasteiger charge is -2.17. The van der Waals surface area contributed by atoms with Gasteiger partial charge in [0.25, 0.3) is 0 Å². The molecule has 0 saturated heterocycles. The first-order valence-electron chi connectivity index (χ1n) is 8.72. The summed E-state index contributed by atoms with van der Waals surface area (Å²) in [6, 6.07) is 15.9. The van der Waals surface area contributed by atoms with E-state index in [4.69, 9.17) is 16.0 Å². The highest BCUT2D eigenvalue weighted by Gasteiger charge is 2.23. The van der Waals surface area contributed by atoms with Gasteiger partial charge in [0.15, 0.2) is 0 Å². The molecule has 2 N–H and O–H groups in total. The van der Waals surface area contributed by atoms with Crippen molar-refractivity contribution in [2.75, 3.05) is 6.54 Å². The van der Waals surface area contributed by atoms with Crippen LogP contribution in [0.2, 0.25) is 5.02 Å². The molecular formula is C20H21ClN4O2. The average molecular weight is 385 g/mol. The first kappa shape index (κ1) is 18.9. The number of nitrogens with zero attached hydrogens (tertiary/aromatic N) is 2. The highest BCUT2D eigenvalue weighted by atomic mass is 35.5. The quantitative estimate of drug-likeness (QED) is 0.658. The van der Waals surface area contributed by atoms with Gasteiger partial charge in [-0.2, -0.15) is 0 Å². The van der Waals surface area contributed by atoms with Crippen LogP contribution in [-0.4, -0.2) is 22.8 Å². The average Bonchev–Trinajstić information content (AvgIpc) is 3.15. The van der Waals surface area contributed by atoms with Gasteiger partial charge in [0, 0.05) is 6.54 Å². The Hall–Kier alpha value is -2.86. The maximum Gasteiger partial charge on any atom is 0.315 e. The number of carbonyl (C=O) groups is 1. The molecule has 0 spiro atoms. The van der Waals surface area contributed by atoms with Gasteiger partial charge < -0.3 is 15.1 Å². The minimum atomic E-state index is -0.568. The summed E-state index contributed by atoms with van der Waals surface area (Å²) in [5, 5.41) is 14.5. The Kier molecular flexibility index (Phi) is 6.08. The molecule has 2 amide bonds. The molecule has 0 bridgehead atoms. The number of amides is 2. The number of hydrogen-bond donors (Lipinski definition) is 2. The SMILES string of the molecule is CC(C)CNC(=O)N[C@H](c1ccccc1)c1nnc(-c2ccccc2Cl)o1. The molecule has 1 atom stereocenters. The molecule has 3 rings (SSSR count). The van der Waals surface area contributed by atoms with E-state index >= 15 is 0 Å². The van der Waals surface area contributed by atoms with Crippen molar-refractivity contribution in [3.63, 3.8) is 0 Å². The van der Waals surface area contributed by atoms with Crippen molar-refractivity contribution in [3.8, 4) is 11.5 Å². The van der Waals surface area contributed by atoms with E-state index in [1.165, 1.54) is 0 Å². The molecule has 3 aromatic rings. The molecule has 1 heterocycles. The van der Waals surface area contributed by atoms with Crippen LogP contribution in [0.1, 0.15) is 31.3 Å². The van der Waals surface area contributed by atoms with Gasteiger partial charge in [-0.25, -0.2) is 4.79 Å². The molecule has 0 saturated carbocycles. The summed E-state index contributed by atoms with van der Waals surface area (Å²) in [5.74, 6) is 0.942. The van der Waals surface area contributed by atoms with Crippen molar-refractivity contribution in [2.24, 2.45) is 5.92 Å². The van der Waals surface area contributed by atoms with Gasteiger partial charge in [-0.1, -0.05) is 67.9 Å². The topological polar surface area (TPSA) is 80.0 Å². The first-order valence-corrected chi connectivity index (χ1v) is 9.10. The predicted octanol–water partition coefficient (Wildman–Crippen LogP) is 4.43. The van der Waals surface area contributed by atoms with E-state index in [0.29, 0.717) is 28.9 Å². The van der Waals surface area contributed by atoms with E-state index in [9.17, 15) is 4.79 Å². The number of urea groups is 1. The molecule has 0 aliphatic rings. The molecule has 0 unspecified atom stereocenters. The molecule has 0 aliphatic heterocycles. The molecule has 6 nitrogen and oxygen atoms in total. The smallest absolute Gasteiger partial charge is 0.315 e. The monoisotopic (exact) mass is 384 g/mol. The minimum Gasteiger partial charge on any atom is -0.418 e. The highest BCUT2D eigenvalue weighted by molar-refractivity contribution is 6.33. The van der Waals surface area contributed by atoms with Crippen molar-refractivity contribution < 1.29 is 9.21 Å². The molecule has 0 radical (unpaired) electrons. The zero-order chi connectivity index (χ0) is 19.2. The van der Waals surface area contributed by atoms with E-state index in [0.717, 1.165) is 5.56 Å². The zero-order valence-corrected chi connectivity index (χ0v) is 15.9. The third kappa shape index (κ3) is 4.86. The van der Waals surface area contributed by atoms with Crippen LogP contribution in [0, 0.1) is 5.92 Å². The minimum absolute atomic E-state index is 0.288. The summed E-state index contributed by atoms with van der Waals surface area (Å²) in [4.78, 5) is 12.3. The molecule has 0 fully saturated rings. The summed E-state index contributed by atoms with van der Waals surface area (Å²) in [6.07, 6.45) is 0. The van der Waals surface area contributed by atoms with Crippen molar-refractivity contribution in [3.05, 3.63) is 71.1 Å². The van der Waals surface area contributed by atoms with Crippen molar-refractivity contribution in [1.82, 2.24) is 20.8 Å². The molecule has 2 aromatic carbocycles. The third-order valence-corrected chi connectivity index (χ3v) is 4.20. The Morgan fingerprint density at radius 1 is 1.07 bits per heavy atom. The van der Waals surface area contributed by atoms with Crippen molar-refractivity contribution in [1.29, 1.82) is 0 Å². The van der Waals surface area contributed by atoms with Crippen molar-refractivity contribution >= 4 is 17.6 Å². The number of halogens is 1. The van der Waals surface area contributed by atoms with E-state index in [1.54, 1.807) is 12.1 Å². The summed E-state index contributed by atoms with van der Waals surface area (Å²) >= 11 is 6.21. The molecule has 0 aliphatic carbocycles.